The van der Waals surface area contributed by atoms with Crippen molar-refractivity contribution in [3.63, 3.8) is 0 Å². The van der Waals surface area contributed by atoms with E-state index in [0.29, 0.717) is 30.2 Å². The van der Waals surface area contributed by atoms with Crippen LogP contribution in [0.15, 0.2) is 59.6 Å². The molecule has 0 aliphatic heterocycles. The van der Waals surface area contributed by atoms with Crippen LogP contribution in [0.4, 0.5) is 0 Å². The Bertz CT molecular complexity index is 1010. The van der Waals surface area contributed by atoms with E-state index in [-0.39, 0.29) is 0 Å². The number of pyridine rings is 1. The Labute approximate surface area is 154 Å². The Morgan fingerprint density at radius 2 is 1.88 bits per heavy atom. The van der Waals surface area contributed by atoms with Gasteiger partial charge in [0.1, 0.15) is 11.3 Å². The van der Waals surface area contributed by atoms with Crippen molar-refractivity contribution in [3.05, 3.63) is 65.9 Å². The molecule has 5 nitrogen and oxygen atoms in total. The molecule has 3 aromatic rings. The molecule has 0 bridgehead atoms. The topological polar surface area (TPSA) is 68.3 Å². The van der Waals surface area contributed by atoms with Gasteiger partial charge in [-0.25, -0.2) is 13.1 Å². The molecule has 1 aromatic heterocycles. The fraction of sp³-hybridized carbons (Fsp3) is 0.250. The molecular weight excluding hydrogens is 348 g/mol. The smallest absolute Gasteiger partial charge is 0.240 e. The molecular formula is C20H22N2O3S. The summed E-state index contributed by atoms with van der Waals surface area (Å²) >= 11 is 0. The molecule has 3 rings (SSSR count). The van der Waals surface area contributed by atoms with Crippen molar-refractivity contribution in [1.82, 2.24) is 9.71 Å². The van der Waals surface area contributed by atoms with Crippen LogP contribution in [0.2, 0.25) is 0 Å². The number of sulfonamides is 1. The standard InChI is InChI=1S/C20H22N2O3S/c1-15-9-10-19(16(2)14-15)26(23,24)22-12-5-13-25-18-8-3-6-17-7-4-11-21-20(17)18/h3-4,6-11,14,22H,5,12-13H2,1-2H3. The van der Waals surface area contributed by atoms with Gasteiger partial charge in [-0.05, 0) is 44.0 Å². The lowest BCUT2D eigenvalue weighted by Crippen LogP contribution is -2.26. The van der Waals surface area contributed by atoms with Crippen molar-refractivity contribution >= 4 is 20.9 Å². The van der Waals surface area contributed by atoms with E-state index >= 15 is 0 Å². The van der Waals surface area contributed by atoms with Crippen LogP contribution in [0.5, 0.6) is 5.75 Å². The van der Waals surface area contributed by atoms with Crippen LogP contribution in [-0.4, -0.2) is 26.6 Å². The number of aryl methyl sites for hydroxylation is 2. The lowest BCUT2D eigenvalue weighted by Gasteiger charge is -2.11. The predicted molar refractivity (Wildman–Crippen MR) is 103 cm³/mol. The van der Waals surface area contributed by atoms with Gasteiger partial charge in [0.05, 0.1) is 11.5 Å². The minimum atomic E-state index is -3.51. The van der Waals surface area contributed by atoms with Crippen LogP contribution in [0.25, 0.3) is 10.9 Å². The number of aromatic nitrogens is 1. The van der Waals surface area contributed by atoms with Gasteiger partial charge in [-0.2, -0.15) is 0 Å². The van der Waals surface area contributed by atoms with Crippen molar-refractivity contribution < 1.29 is 13.2 Å². The van der Waals surface area contributed by atoms with E-state index in [1.165, 1.54) is 0 Å². The molecule has 0 saturated carbocycles. The van der Waals surface area contributed by atoms with E-state index in [9.17, 15) is 8.42 Å². The zero-order valence-electron chi connectivity index (χ0n) is 14.9. The molecule has 26 heavy (non-hydrogen) atoms. The van der Waals surface area contributed by atoms with E-state index in [1.807, 2.05) is 43.3 Å². The summed E-state index contributed by atoms with van der Waals surface area (Å²) in [5, 5.41) is 1.01. The van der Waals surface area contributed by atoms with E-state index in [2.05, 4.69) is 9.71 Å². The zero-order chi connectivity index (χ0) is 18.6. The molecule has 0 aliphatic carbocycles. The predicted octanol–water partition coefficient (Wildman–Crippen LogP) is 3.60. The van der Waals surface area contributed by atoms with Crippen LogP contribution in [0.1, 0.15) is 17.5 Å². The highest BCUT2D eigenvalue weighted by Gasteiger charge is 2.15. The number of nitrogens with one attached hydrogen (secondary N) is 1. The number of hydrogen-bond acceptors (Lipinski definition) is 4. The molecule has 0 aliphatic rings. The lowest BCUT2D eigenvalue weighted by atomic mass is 10.2. The van der Waals surface area contributed by atoms with E-state index < -0.39 is 10.0 Å². The van der Waals surface area contributed by atoms with Gasteiger partial charge in [-0.1, -0.05) is 35.9 Å². The summed E-state index contributed by atoms with van der Waals surface area (Å²) in [7, 11) is -3.51. The first-order valence-corrected chi connectivity index (χ1v) is 9.99. The van der Waals surface area contributed by atoms with Gasteiger partial charge >= 0.3 is 0 Å². The minimum absolute atomic E-state index is 0.313. The van der Waals surface area contributed by atoms with Crippen molar-refractivity contribution in [3.8, 4) is 5.75 Å². The van der Waals surface area contributed by atoms with Gasteiger partial charge < -0.3 is 4.74 Å². The van der Waals surface area contributed by atoms with E-state index in [4.69, 9.17) is 4.74 Å². The third kappa shape index (κ3) is 4.20. The second-order valence-electron chi connectivity index (χ2n) is 6.20. The maximum Gasteiger partial charge on any atom is 0.240 e. The molecule has 2 aromatic carbocycles. The SMILES string of the molecule is Cc1ccc(S(=O)(=O)NCCCOc2cccc3cccnc23)c(C)c1. The average Bonchev–Trinajstić information content (AvgIpc) is 2.61. The first-order valence-electron chi connectivity index (χ1n) is 8.51. The van der Waals surface area contributed by atoms with Gasteiger partial charge in [0.2, 0.25) is 10.0 Å². The molecule has 0 amide bonds. The third-order valence-electron chi connectivity index (χ3n) is 4.09. The number of nitrogens with zero attached hydrogens (tertiary/aromatic N) is 1. The largest absolute Gasteiger partial charge is 0.491 e. The Hall–Kier alpha value is -2.44. The summed E-state index contributed by atoms with van der Waals surface area (Å²) in [6.07, 6.45) is 2.29. The second-order valence-corrected chi connectivity index (χ2v) is 7.94. The van der Waals surface area contributed by atoms with Crippen molar-refractivity contribution in [2.45, 2.75) is 25.2 Å². The number of ether oxygens (including phenoxy) is 1. The summed E-state index contributed by atoms with van der Waals surface area (Å²) in [5.41, 5.74) is 2.60. The fourth-order valence-corrected chi connectivity index (χ4v) is 4.13. The Morgan fingerprint density at radius 1 is 1.08 bits per heavy atom. The Balaban J connectivity index is 1.55. The van der Waals surface area contributed by atoms with Gasteiger partial charge in [0.15, 0.2) is 0 Å². The molecule has 0 spiro atoms. The van der Waals surface area contributed by atoms with Crippen molar-refractivity contribution in [1.29, 1.82) is 0 Å². The summed E-state index contributed by atoms with van der Waals surface area (Å²) in [6, 6.07) is 14.9. The Kier molecular flexibility index (Phi) is 5.54. The number of hydrogen-bond donors (Lipinski definition) is 1. The molecule has 0 unspecified atom stereocenters. The summed E-state index contributed by atoms with van der Waals surface area (Å²) in [6.45, 7) is 4.47. The van der Waals surface area contributed by atoms with Crippen LogP contribution >= 0.6 is 0 Å². The highest BCUT2D eigenvalue weighted by Crippen LogP contribution is 2.23. The molecule has 1 N–H and O–H groups in total. The minimum Gasteiger partial charge on any atom is -0.491 e. The fourth-order valence-electron chi connectivity index (χ4n) is 2.83. The second kappa shape index (κ2) is 7.85. The first kappa shape index (κ1) is 18.4. The van der Waals surface area contributed by atoms with E-state index in [0.717, 1.165) is 22.0 Å². The molecule has 1 heterocycles. The monoisotopic (exact) mass is 370 g/mol. The van der Waals surface area contributed by atoms with Crippen LogP contribution < -0.4 is 9.46 Å². The van der Waals surface area contributed by atoms with E-state index in [1.54, 1.807) is 25.3 Å². The maximum atomic E-state index is 12.4. The van der Waals surface area contributed by atoms with Crippen LogP contribution in [-0.2, 0) is 10.0 Å². The number of rotatable bonds is 7. The quantitative estimate of drug-likeness (QED) is 0.645. The Morgan fingerprint density at radius 3 is 2.69 bits per heavy atom. The lowest BCUT2D eigenvalue weighted by molar-refractivity contribution is 0.314. The van der Waals surface area contributed by atoms with Crippen LogP contribution in [0, 0.1) is 13.8 Å². The van der Waals surface area contributed by atoms with Gasteiger partial charge in [0.25, 0.3) is 0 Å². The first-order chi connectivity index (χ1) is 12.5. The van der Waals surface area contributed by atoms with Gasteiger partial charge in [-0.3, -0.25) is 4.98 Å². The molecule has 0 fully saturated rings. The van der Waals surface area contributed by atoms with Gasteiger partial charge in [-0.15, -0.1) is 0 Å². The summed E-state index contributed by atoms with van der Waals surface area (Å²) in [4.78, 5) is 4.66. The number of para-hydroxylation sites is 1. The zero-order valence-corrected chi connectivity index (χ0v) is 15.7. The highest BCUT2D eigenvalue weighted by molar-refractivity contribution is 7.89. The number of benzene rings is 2. The molecule has 0 saturated heterocycles. The van der Waals surface area contributed by atoms with Crippen molar-refractivity contribution in [2.24, 2.45) is 0 Å². The molecule has 6 heteroatoms. The van der Waals surface area contributed by atoms with Crippen LogP contribution in [0.3, 0.4) is 0 Å². The third-order valence-corrected chi connectivity index (χ3v) is 5.71. The summed E-state index contributed by atoms with van der Waals surface area (Å²) in [5.74, 6) is 0.709. The normalized spacial score (nSPS) is 11.6. The average molecular weight is 370 g/mol. The molecule has 0 radical (unpaired) electrons. The molecule has 136 valence electrons. The molecule has 0 atom stereocenters. The number of fused-ring (bicyclic) bond motifs is 1. The van der Waals surface area contributed by atoms with Crippen molar-refractivity contribution in [2.75, 3.05) is 13.2 Å². The highest BCUT2D eigenvalue weighted by atomic mass is 32.2. The maximum absolute atomic E-state index is 12.4. The summed E-state index contributed by atoms with van der Waals surface area (Å²) < 4.78 is 33.2. The van der Waals surface area contributed by atoms with Gasteiger partial charge in [0, 0.05) is 18.1 Å².